The summed E-state index contributed by atoms with van der Waals surface area (Å²) in [5, 5.41) is 7.30. The highest BCUT2D eigenvalue weighted by Crippen LogP contribution is 2.21. The molecule has 0 radical (unpaired) electrons. The number of nitrogens with one attached hydrogen (secondary N) is 1. The van der Waals surface area contributed by atoms with Crippen LogP contribution in [0.15, 0.2) is 22.7 Å². The highest BCUT2D eigenvalue weighted by atomic mass is 19.1. The molecule has 0 aliphatic heterocycles. The van der Waals surface area contributed by atoms with E-state index in [0.29, 0.717) is 23.7 Å². The van der Waals surface area contributed by atoms with Gasteiger partial charge in [0.1, 0.15) is 5.82 Å². The second-order valence-corrected chi connectivity index (χ2v) is 5.03. The second-order valence-electron chi connectivity index (χ2n) is 5.03. The third-order valence-electron chi connectivity index (χ3n) is 3.13. The fourth-order valence-corrected chi connectivity index (χ4v) is 2.01. The zero-order valence-corrected chi connectivity index (χ0v) is 12.1. The molecule has 2 aromatic rings. The summed E-state index contributed by atoms with van der Waals surface area (Å²) in [4.78, 5) is 4.35. The number of hydrogen-bond donors (Lipinski definition) is 1. The van der Waals surface area contributed by atoms with Crippen LogP contribution in [-0.2, 0) is 6.42 Å². The molecule has 0 aliphatic rings. The molecule has 0 aliphatic carbocycles. The van der Waals surface area contributed by atoms with Crippen LogP contribution in [0.25, 0.3) is 11.4 Å². The molecule has 2 rings (SSSR count). The number of aryl methyl sites for hydroxylation is 1. The van der Waals surface area contributed by atoms with Crippen LogP contribution < -0.4 is 5.32 Å². The molecule has 1 unspecified atom stereocenters. The highest BCUT2D eigenvalue weighted by Gasteiger charge is 2.13. The van der Waals surface area contributed by atoms with Gasteiger partial charge < -0.3 is 9.84 Å². The van der Waals surface area contributed by atoms with Gasteiger partial charge in [-0.3, -0.25) is 0 Å². The molecule has 4 nitrogen and oxygen atoms in total. The predicted molar refractivity (Wildman–Crippen MR) is 75.9 cm³/mol. The van der Waals surface area contributed by atoms with Gasteiger partial charge in [0.2, 0.25) is 11.7 Å². The highest BCUT2D eigenvalue weighted by molar-refractivity contribution is 5.59. The summed E-state index contributed by atoms with van der Waals surface area (Å²) in [6.45, 7) is 7.06. The number of aromatic nitrogens is 2. The topological polar surface area (TPSA) is 51.0 Å². The van der Waals surface area contributed by atoms with Crippen LogP contribution in [0, 0.1) is 12.7 Å². The summed E-state index contributed by atoms with van der Waals surface area (Å²) in [7, 11) is 0. The van der Waals surface area contributed by atoms with Gasteiger partial charge >= 0.3 is 0 Å². The molecule has 1 aromatic carbocycles. The van der Waals surface area contributed by atoms with Gasteiger partial charge in [0, 0.05) is 18.0 Å². The van der Waals surface area contributed by atoms with Crippen molar-refractivity contribution in [1.29, 1.82) is 0 Å². The molecule has 0 fully saturated rings. The summed E-state index contributed by atoms with van der Waals surface area (Å²) >= 11 is 0. The Morgan fingerprint density at radius 2 is 2.20 bits per heavy atom. The molecule has 20 heavy (non-hydrogen) atoms. The van der Waals surface area contributed by atoms with Gasteiger partial charge in [-0.25, -0.2) is 4.39 Å². The predicted octanol–water partition coefficient (Wildman–Crippen LogP) is 3.11. The molecule has 1 atom stereocenters. The van der Waals surface area contributed by atoms with E-state index in [4.69, 9.17) is 4.52 Å². The molecule has 0 saturated heterocycles. The standard InChI is InChI=1S/C15H20FN3O/c1-4-7-17-11(3)8-14-18-15(19-20-14)13-9-12(16)6-5-10(13)2/h5-6,9,11,17H,4,7-8H2,1-3H3. The van der Waals surface area contributed by atoms with Crippen molar-refractivity contribution in [1.82, 2.24) is 15.5 Å². The van der Waals surface area contributed by atoms with Gasteiger partial charge in [-0.15, -0.1) is 0 Å². The molecule has 0 saturated carbocycles. The van der Waals surface area contributed by atoms with E-state index in [1.807, 2.05) is 6.92 Å². The lowest BCUT2D eigenvalue weighted by molar-refractivity contribution is 0.362. The maximum absolute atomic E-state index is 13.3. The first-order chi connectivity index (χ1) is 9.60. The molecule has 0 spiro atoms. The first kappa shape index (κ1) is 14.7. The van der Waals surface area contributed by atoms with E-state index in [1.165, 1.54) is 12.1 Å². The second kappa shape index (κ2) is 6.61. The number of benzene rings is 1. The molecule has 1 heterocycles. The largest absolute Gasteiger partial charge is 0.339 e. The number of hydrogen-bond acceptors (Lipinski definition) is 4. The average molecular weight is 277 g/mol. The van der Waals surface area contributed by atoms with Gasteiger partial charge in [-0.05, 0) is 44.5 Å². The maximum Gasteiger partial charge on any atom is 0.228 e. The van der Waals surface area contributed by atoms with E-state index in [-0.39, 0.29) is 11.9 Å². The Morgan fingerprint density at radius 3 is 2.95 bits per heavy atom. The minimum Gasteiger partial charge on any atom is -0.339 e. The quantitative estimate of drug-likeness (QED) is 0.881. The molecular formula is C15H20FN3O. The van der Waals surface area contributed by atoms with Crippen LogP contribution in [0.3, 0.4) is 0 Å². The van der Waals surface area contributed by atoms with Crippen LogP contribution >= 0.6 is 0 Å². The molecule has 1 N–H and O–H groups in total. The van der Waals surface area contributed by atoms with Crippen molar-refractivity contribution in [2.45, 2.75) is 39.7 Å². The van der Waals surface area contributed by atoms with Crippen LogP contribution in [0.5, 0.6) is 0 Å². The zero-order valence-electron chi connectivity index (χ0n) is 12.1. The summed E-state index contributed by atoms with van der Waals surface area (Å²) < 4.78 is 18.5. The number of rotatable bonds is 6. The third-order valence-corrected chi connectivity index (χ3v) is 3.13. The van der Waals surface area contributed by atoms with Gasteiger partial charge in [0.05, 0.1) is 0 Å². The van der Waals surface area contributed by atoms with Crippen molar-refractivity contribution >= 4 is 0 Å². The number of nitrogens with zero attached hydrogens (tertiary/aromatic N) is 2. The average Bonchev–Trinajstić information content (AvgIpc) is 2.87. The van der Waals surface area contributed by atoms with Crippen molar-refractivity contribution in [3.05, 3.63) is 35.5 Å². The van der Waals surface area contributed by atoms with Crippen molar-refractivity contribution in [2.24, 2.45) is 0 Å². The van der Waals surface area contributed by atoms with Gasteiger partial charge in [0.15, 0.2) is 0 Å². The fourth-order valence-electron chi connectivity index (χ4n) is 2.01. The minimum absolute atomic E-state index is 0.275. The fraction of sp³-hybridized carbons (Fsp3) is 0.467. The smallest absolute Gasteiger partial charge is 0.228 e. The Hall–Kier alpha value is -1.75. The van der Waals surface area contributed by atoms with Crippen molar-refractivity contribution in [2.75, 3.05) is 6.54 Å². The molecule has 0 amide bonds. The van der Waals surface area contributed by atoms with Crippen LogP contribution in [0.1, 0.15) is 31.7 Å². The summed E-state index contributed by atoms with van der Waals surface area (Å²) in [6.07, 6.45) is 1.75. The van der Waals surface area contributed by atoms with E-state index in [1.54, 1.807) is 6.07 Å². The zero-order chi connectivity index (χ0) is 14.5. The Balaban J connectivity index is 2.10. The number of halogens is 1. The Kier molecular flexibility index (Phi) is 4.84. The maximum atomic E-state index is 13.3. The van der Waals surface area contributed by atoms with Gasteiger partial charge in [-0.1, -0.05) is 18.1 Å². The van der Waals surface area contributed by atoms with E-state index in [0.717, 1.165) is 18.5 Å². The first-order valence-electron chi connectivity index (χ1n) is 6.92. The van der Waals surface area contributed by atoms with Crippen LogP contribution in [0.2, 0.25) is 0 Å². The first-order valence-corrected chi connectivity index (χ1v) is 6.92. The Labute approximate surface area is 118 Å². The molecule has 5 heteroatoms. The van der Waals surface area contributed by atoms with Crippen LogP contribution in [0.4, 0.5) is 4.39 Å². The van der Waals surface area contributed by atoms with Gasteiger partial charge in [-0.2, -0.15) is 4.98 Å². The lowest BCUT2D eigenvalue weighted by atomic mass is 10.1. The molecule has 108 valence electrons. The Bertz CT molecular complexity index is 568. The lowest BCUT2D eigenvalue weighted by Gasteiger charge is -2.09. The summed E-state index contributed by atoms with van der Waals surface area (Å²) in [6, 6.07) is 4.85. The summed E-state index contributed by atoms with van der Waals surface area (Å²) in [5.74, 6) is 0.717. The van der Waals surface area contributed by atoms with E-state index >= 15 is 0 Å². The van der Waals surface area contributed by atoms with Gasteiger partial charge in [0.25, 0.3) is 0 Å². The van der Waals surface area contributed by atoms with E-state index in [2.05, 4.69) is 29.3 Å². The minimum atomic E-state index is -0.296. The van der Waals surface area contributed by atoms with E-state index in [9.17, 15) is 4.39 Å². The Morgan fingerprint density at radius 1 is 1.40 bits per heavy atom. The normalized spacial score (nSPS) is 12.6. The van der Waals surface area contributed by atoms with Crippen molar-refractivity contribution in [3.8, 4) is 11.4 Å². The molecule has 1 aromatic heterocycles. The van der Waals surface area contributed by atoms with Crippen LogP contribution in [-0.4, -0.2) is 22.7 Å². The van der Waals surface area contributed by atoms with Crippen molar-refractivity contribution < 1.29 is 8.91 Å². The summed E-state index contributed by atoms with van der Waals surface area (Å²) in [5.41, 5.74) is 1.60. The monoisotopic (exact) mass is 277 g/mol. The van der Waals surface area contributed by atoms with E-state index < -0.39 is 0 Å². The SMILES string of the molecule is CCCNC(C)Cc1nc(-c2cc(F)ccc2C)no1. The third kappa shape index (κ3) is 3.63. The lowest BCUT2D eigenvalue weighted by Crippen LogP contribution is -2.28. The molecule has 0 bridgehead atoms. The molecular weight excluding hydrogens is 257 g/mol. The van der Waals surface area contributed by atoms with Crippen molar-refractivity contribution in [3.63, 3.8) is 0 Å².